The third-order valence-electron chi connectivity index (χ3n) is 2.43. The molecule has 0 unspecified atom stereocenters. The molecule has 0 amide bonds. The van der Waals surface area contributed by atoms with Crippen LogP contribution in [0.25, 0.3) is 0 Å². The van der Waals surface area contributed by atoms with E-state index in [9.17, 15) is 0 Å². The summed E-state index contributed by atoms with van der Waals surface area (Å²) in [5.74, 6) is 0.543. The van der Waals surface area contributed by atoms with Crippen LogP contribution in [0.15, 0.2) is 28.1 Å². The van der Waals surface area contributed by atoms with Crippen molar-refractivity contribution in [1.82, 2.24) is 5.32 Å². The van der Waals surface area contributed by atoms with Crippen molar-refractivity contribution >= 4 is 62.1 Å². The Morgan fingerprint density at radius 1 is 1.10 bits per heavy atom. The van der Waals surface area contributed by atoms with Gasteiger partial charge in [0, 0.05) is 33.9 Å². The van der Waals surface area contributed by atoms with Crippen LogP contribution in [-0.2, 0) is 6.54 Å². The lowest BCUT2D eigenvalue weighted by Gasteiger charge is -2.09. The van der Waals surface area contributed by atoms with Crippen LogP contribution in [-0.4, -0.2) is 13.2 Å². The van der Waals surface area contributed by atoms with Gasteiger partial charge in [-0.3, -0.25) is 0 Å². The zero-order chi connectivity index (χ0) is 14.5. The highest BCUT2D eigenvalue weighted by molar-refractivity contribution is 9.10. The summed E-state index contributed by atoms with van der Waals surface area (Å²) in [4.78, 5) is 1.27. The topological polar surface area (TPSA) is 21.3 Å². The first-order valence-corrected chi connectivity index (χ1v) is 8.58. The van der Waals surface area contributed by atoms with Gasteiger partial charge >= 0.3 is 0 Å². The van der Waals surface area contributed by atoms with E-state index in [1.807, 2.05) is 0 Å². The van der Waals surface area contributed by atoms with Gasteiger partial charge in [0.25, 0.3) is 0 Å². The predicted molar refractivity (Wildman–Crippen MR) is 90.7 cm³/mol. The molecule has 0 bridgehead atoms. The summed E-state index contributed by atoms with van der Waals surface area (Å²) in [7, 11) is 0. The van der Waals surface area contributed by atoms with E-state index < -0.39 is 0 Å². The molecule has 0 aliphatic rings. The average molecular weight is 416 g/mol. The molecule has 0 fully saturated rings. The maximum Gasteiger partial charge on any atom is 0.139 e. The molecule has 2 nitrogen and oxygen atoms in total. The van der Waals surface area contributed by atoms with Gasteiger partial charge in [0.05, 0.1) is 15.1 Å². The molecule has 0 radical (unpaired) electrons. The number of benzene rings is 1. The molecule has 1 N–H and O–H groups in total. The smallest absolute Gasteiger partial charge is 0.139 e. The van der Waals surface area contributed by atoms with Crippen molar-refractivity contribution in [3.8, 4) is 5.75 Å². The van der Waals surface area contributed by atoms with Crippen LogP contribution in [0.4, 0.5) is 0 Å². The van der Waals surface area contributed by atoms with Gasteiger partial charge in [0.15, 0.2) is 0 Å². The van der Waals surface area contributed by atoms with Crippen LogP contribution >= 0.6 is 62.1 Å². The first kappa shape index (κ1) is 16.4. The molecule has 1 aromatic heterocycles. The molecule has 108 valence electrons. The summed E-state index contributed by atoms with van der Waals surface area (Å²) in [6.45, 7) is 2.03. The first-order chi connectivity index (χ1) is 9.56. The largest absolute Gasteiger partial charge is 0.491 e. The molecule has 0 saturated heterocycles. The lowest BCUT2D eigenvalue weighted by Crippen LogP contribution is -2.20. The summed E-state index contributed by atoms with van der Waals surface area (Å²) in [5.41, 5.74) is 0. The van der Waals surface area contributed by atoms with Gasteiger partial charge in [-0.05, 0) is 28.1 Å². The van der Waals surface area contributed by atoms with Gasteiger partial charge in [0.1, 0.15) is 12.4 Å². The van der Waals surface area contributed by atoms with E-state index >= 15 is 0 Å². The van der Waals surface area contributed by atoms with Crippen molar-refractivity contribution in [2.75, 3.05) is 13.2 Å². The number of rotatable bonds is 6. The molecule has 0 spiro atoms. The predicted octanol–water partition coefficient (Wildman–Crippen LogP) is 5.64. The van der Waals surface area contributed by atoms with Crippen molar-refractivity contribution in [3.05, 3.63) is 48.0 Å². The molecule has 1 aromatic carbocycles. The molecule has 1 heterocycles. The molecule has 2 aromatic rings. The van der Waals surface area contributed by atoms with Gasteiger partial charge in [0.2, 0.25) is 0 Å². The number of ether oxygens (including phenoxy) is 1. The van der Waals surface area contributed by atoms with E-state index in [-0.39, 0.29) is 0 Å². The molecule has 0 aliphatic carbocycles. The quantitative estimate of drug-likeness (QED) is 0.487. The molecule has 0 atom stereocenters. The second-order valence-corrected chi connectivity index (χ2v) is 7.09. The van der Waals surface area contributed by atoms with E-state index in [0.717, 1.165) is 11.0 Å². The number of hydrogen-bond acceptors (Lipinski definition) is 3. The fraction of sp³-hybridized carbons (Fsp3) is 0.231. The van der Waals surface area contributed by atoms with Crippen LogP contribution in [0.5, 0.6) is 5.75 Å². The minimum atomic E-state index is 0.422. The summed E-state index contributed by atoms with van der Waals surface area (Å²) in [6, 6.07) is 5.30. The number of hydrogen-bond donors (Lipinski definition) is 1. The first-order valence-electron chi connectivity index (χ1n) is 5.77. The highest BCUT2D eigenvalue weighted by Crippen LogP contribution is 2.33. The second-order valence-electron chi connectivity index (χ2n) is 3.95. The third kappa shape index (κ3) is 4.79. The van der Waals surface area contributed by atoms with E-state index in [1.165, 1.54) is 4.88 Å². The Bertz CT molecular complexity index is 591. The van der Waals surface area contributed by atoms with Crippen LogP contribution in [0.2, 0.25) is 15.1 Å². The molecule has 0 aliphatic heterocycles. The lowest BCUT2D eigenvalue weighted by molar-refractivity contribution is 0.314. The molecule has 7 heteroatoms. The Kier molecular flexibility index (Phi) is 6.46. The zero-order valence-electron chi connectivity index (χ0n) is 10.3. The van der Waals surface area contributed by atoms with Crippen molar-refractivity contribution < 1.29 is 4.74 Å². The van der Waals surface area contributed by atoms with Gasteiger partial charge < -0.3 is 10.1 Å². The average Bonchev–Trinajstić information content (AvgIpc) is 2.81. The zero-order valence-corrected chi connectivity index (χ0v) is 14.9. The van der Waals surface area contributed by atoms with Crippen molar-refractivity contribution in [2.45, 2.75) is 6.54 Å². The monoisotopic (exact) mass is 413 g/mol. The highest BCUT2D eigenvalue weighted by Gasteiger charge is 2.06. The minimum Gasteiger partial charge on any atom is -0.491 e. The standard InChI is InChI=1S/C13H11BrCl3NOS/c14-8-3-9(20-7-8)6-18-1-2-19-13-5-11(16)10(15)4-12(13)17/h3-5,7,18H,1-2,6H2. The van der Waals surface area contributed by atoms with E-state index in [2.05, 4.69) is 32.7 Å². The maximum atomic E-state index is 6.02. The Balaban J connectivity index is 1.75. The van der Waals surface area contributed by atoms with Gasteiger partial charge in [-0.25, -0.2) is 0 Å². The molecule has 2 rings (SSSR count). The fourth-order valence-electron chi connectivity index (χ4n) is 1.51. The van der Waals surface area contributed by atoms with E-state index in [1.54, 1.807) is 23.5 Å². The fourth-order valence-corrected chi connectivity index (χ4v) is 3.52. The summed E-state index contributed by atoms with van der Waals surface area (Å²) in [6.07, 6.45) is 0. The molecular weight excluding hydrogens is 404 g/mol. The van der Waals surface area contributed by atoms with Crippen molar-refractivity contribution in [3.63, 3.8) is 0 Å². The van der Waals surface area contributed by atoms with Crippen molar-refractivity contribution in [2.24, 2.45) is 0 Å². The summed E-state index contributed by atoms with van der Waals surface area (Å²) >= 11 is 22.9. The van der Waals surface area contributed by atoms with Crippen LogP contribution in [0.1, 0.15) is 4.88 Å². The second kappa shape index (κ2) is 7.87. The molecule has 20 heavy (non-hydrogen) atoms. The Hall–Kier alpha value is 0.0300. The normalized spacial score (nSPS) is 10.8. The van der Waals surface area contributed by atoms with Crippen LogP contribution in [0, 0.1) is 0 Å². The third-order valence-corrected chi connectivity index (χ3v) is 5.15. The minimum absolute atomic E-state index is 0.422. The van der Waals surface area contributed by atoms with Gasteiger partial charge in [-0.15, -0.1) is 11.3 Å². The molecular formula is C13H11BrCl3NOS. The number of nitrogens with one attached hydrogen (secondary N) is 1. The Morgan fingerprint density at radius 2 is 1.85 bits per heavy atom. The molecule has 0 saturated carbocycles. The lowest BCUT2D eigenvalue weighted by atomic mass is 10.3. The SMILES string of the molecule is Clc1cc(Cl)c(OCCNCc2cc(Br)cs2)cc1Cl. The number of thiophene rings is 1. The Morgan fingerprint density at radius 3 is 2.55 bits per heavy atom. The maximum absolute atomic E-state index is 6.02. The van der Waals surface area contributed by atoms with E-state index in [0.29, 0.717) is 34.0 Å². The van der Waals surface area contributed by atoms with Crippen molar-refractivity contribution in [1.29, 1.82) is 0 Å². The number of halogens is 4. The van der Waals surface area contributed by atoms with Gasteiger partial charge in [-0.2, -0.15) is 0 Å². The van der Waals surface area contributed by atoms with Crippen LogP contribution < -0.4 is 10.1 Å². The van der Waals surface area contributed by atoms with Gasteiger partial charge in [-0.1, -0.05) is 34.8 Å². The Labute approximate surface area is 145 Å². The van der Waals surface area contributed by atoms with Crippen LogP contribution in [0.3, 0.4) is 0 Å². The van der Waals surface area contributed by atoms with E-state index in [4.69, 9.17) is 39.5 Å². The highest BCUT2D eigenvalue weighted by atomic mass is 79.9. The summed E-state index contributed by atoms with van der Waals surface area (Å²) in [5, 5.41) is 6.67. The summed E-state index contributed by atoms with van der Waals surface area (Å²) < 4.78 is 6.68.